The minimum absolute atomic E-state index is 0.657. The summed E-state index contributed by atoms with van der Waals surface area (Å²) in [5.41, 5.74) is 0. The Balaban J connectivity index is 2.78. The summed E-state index contributed by atoms with van der Waals surface area (Å²) in [4.78, 5) is 0. The van der Waals surface area contributed by atoms with Crippen LogP contribution in [0.4, 0.5) is 0 Å². The molecule has 0 N–H and O–H groups in total. The van der Waals surface area contributed by atoms with E-state index >= 15 is 0 Å². The lowest BCUT2D eigenvalue weighted by atomic mass is 10.6. The molecule has 0 aromatic rings. The highest BCUT2D eigenvalue weighted by Crippen LogP contribution is 2.00. The van der Waals surface area contributed by atoms with Gasteiger partial charge in [-0.05, 0) is 12.2 Å². The van der Waals surface area contributed by atoms with Gasteiger partial charge in [-0.25, -0.2) is 0 Å². The van der Waals surface area contributed by atoms with Gasteiger partial charge in [0.15, 0.2) is 0 Å². The zero-order chi connectivity index (χ0) is 10.5. The van der Waals surface area contributed by atoms with Gasteiger partial charge in [0.2, 0.25) is 0 Å². The Bertz CT molecular complexity index is 89.4. The summed E-state index contributed by atoms with van der Waals surface area (Å²) >= 11 is 1.94. The SMILES string of the molecule is CCCSCCOCCOCCOC. The fourth-order valence-corrected chi connectivity index (χ4v) is 1.56. The number of thioether (sulfide) groups is 1. The first kappa shape index (κ1) is 14.2. The van der Waals surface area contributed by atoms with Crippen LogP contribution < -0.4 is 0 Å². The molecule has 0 aliphatic rings. The minimum Gasteiger partial charge on any atom is -0.382 e. The monoisotopic (exact) mass is 222 g/mol. The molecule has 0 amide bonds. The number of hydrogen-bond acceptors (Lipinski definition) is 4. The zero-order valence-electron chi connectivity index (χ0n) is 9.29. The molecule has 0 aliphatic heterocycles. The molecule has 0 saturated carbocycles. The standard InChI is InChI=1S/C10H22O3S/c1-3-9-14-10-8-13-7-6-12-5-4-11-2/h3-10H2,1-2H3. The van der Waals surface area contributed by atoms with E-state index in [0.29, 0.717) is 26.4 Å². The van der Waals surface area contributed by atoms with Crippen LogP contribution in [0.15, 0.2) is 0 Å². The van der Waals surface area contributed by atoms with Crippen LogP contribution >= 0.6 is 11.8 Å². The first-order chi connectivity index (χ1) is 6.91. The first-order valence-corrected chi connectivity index (χ1v) is 6.29. The molecule has 0 fully saturated rings. The van der Waals surface area contributed by atoms with Gasteiger partial charge in [-0.1, -0.05) is 6.92 Å². The summed E-state index contributed by atoms with van der Waals surface area (Å²) in [6.45, 7) is 5.70. The highest BCUT2D eigenvalue weighted by molar-refractivity contribution is 7.99. The van der Waals surface area contributed by atoms with Gasteiger partial charge < -0.3 is 14.2 Å². The maximum absolute atomic E-state index is 5.37. The van der Waals surface area contributed by atoms with Crippen LogP contribution in [0.1, 0.15) is 13.3 Å². The molecule has 0 aromatic carbocycles. The van der Waals surface area contributed by atoms with Crippen molar-refractivity contribution in [2.75, 3.05) is 51.6 Å². The minimum atomic E-state index is 0.657. The summed E-state index contributed by atoms with van der Waals surface area (Å²) < 4.78 is 15.5. The highest BCUT2D eigenvalue weighted by Gasteiger charge is 1.90. The summed E-state index contributed by atoms with van der Waals surface area (Å²) in [6.07, 6.45) is 1.24. The van der Waals surface area contributed by atoms with Crippen molar-refractivity contribution in [1.29, 1.82) is 0 Å². The van der Waals surface area contributed by atoms with Gasteiger partial charge in [-0.2, -0.15) is 11.8 Å². The number of methoxy groups -OCH3 is 1. The lowest BCUT2D eigenvalue weighted by Gasteiger charge is -2.04. The van der Waals surface area contributed by atoms with Gasteiger partial charge in [0, 0.05) is 12.9 Å². The maximum Gasteiger partial charge on any atom is 0.0701 e. The fourth-order valence-electron chi connectivity index (χ4n) is 0.828. The zero-order valence-corrected chi connectivity index (χ0v) is 10.1. The second-order valence-electron chi connectivity index (χ2n) is 2.83. The molecular formula is C10H22O3S. The van der Waals surface area contributed by atoms with Crippen LogP contribution in [0.25, 0.3) is 0 Å². The van der Waals surface area contributed by atoms with E-state index in [9.17, 15) is 0 Å². The van der Waals surface area contributed by atoms with Crippen LogP contribution in [-0.2, 0) is 14.2 Å². The predicted molar refractivity (Wildman–Crippen MR) is 61.1 cm³/mol. The van der Waals surface area contributed by atoms with Crippen molar-refractivity contribution in [3.8, 4) is 0 Å². The van der Waals surface area contributed by atoms with Gasteiger partial charge in [-0.3, -0.25) is 0 Å². The van der Waals surface area contributed by atoms with Crippen LogP contribution in [0.5, 0.6) is 0 Å². The highest BCUT2D eigenvalue weighted by atomic mass is 32.2. The summed E-state index contributed by atoms with van der Waals surface area (Å²) in [7, 11) is 1.67. The Hall–Kier alpha value is 0.230. The second-order valence-corrected chi connectivity index (χ2v) is 4.05. The molecule has 0 aliphatic carbocycles. The lowest BCUT2D eigenvalue weighted by molar-refractivity contribution is 0.0286. The van der Waals surface area contributed by atoms with E-state index in [1.807, 2.05) is 11.8 Å². The van der Waals surface area contributed by atoms with E-state index in [1.54, 1.807) is 7.11 Å². The number of ether oxygens (including phenoxy) is 3. The predicted octanol–water partition coefficient (Wildman–Crippen LogP) is 1.81. The average molecular weight is 222 g/mol. The third kappa shape index (κ3) is 12.2. The van der Waals surface area contributed by atoms with E-state index in [-0.39, 0.29) is 0 Å². The van der Waals surface area contributed by atoms with Crippen molar-refractivity contribution in [2.45, 2.75) is 13.3 Å². The van der Waals surface area contributed by atoms with E-state index in [0.717, 1.165) is 12.4 Å². The molecule has 0 radical (unpaired) electrons. The van der Waals surface area contributed by atoms with Crippen molar-refractivity contribution in [3.05, 3.63) is 0 Å². The molecule has 86 valence electrons. The molecule has 0 atom stereocenters. The van der Waals surface area contributed by atoms with Crippen molar-refractivity contribution >= 4 is 11.8 Å². The van der Waals surface area contributed by atoms with Crippen molar-refractivity contribution in [3.63, 3.8) is 0 Å². The largest absolute Gasteiger partial charge is 0.382 e. The van der Waals surface area contributed by atoms with Crippen molar-refractivity contribution in [2.24, 2.45) is 0 Å². The molecule has 0 rings (SSSR count). The molecule has 0 heterocycles. The van der Waals surface area contributed by atoms with E-state index < -0.39 is 0 Å². The first-order valence-electron chi connectivity index (χ1n) is 5.14. The molecule has 0 bridgehead atoms. The Labute approximate surface area is 91.5 Å². The van der Waals surface area contributed by atoms with Gasteiger partial charge >= 0.3 is 0 Å². The number of rotatable bonds is 11. The van der Waals surface area contributed by atoms with Crippen LogP contribution in [0.3, 0.4) is 0 Å². The van der Waals surface area contributed by atoms with Crippen LogP contribution in [0, 0.1) is 0 Å². The summed E-state index contributed by atoms with van der Waals surface area (Å²) in [6, 6.07) is 0. The van der Waals surface area contributed by atoms with Crippen LogP contribution in [-0.4, -0.2) is 51.6 Å². The van der Waals surface area contributed by atoms with E-state index in [2.05, 4.69) is 6.92 Å². The topological polar surface area (TPSA) is 27.7 Å². The normalized spacial score (nSPS) is 10.7. The fraction of sp³-hybridized carbons (Fsp3) is 1.00. The second kappa shape index (κ2) is 13.2. The smallest absolute Gasteiger partial charge is 0.0701 e. The Morgan fingerprint density at radius 3 is 2.14 bits per heavy atom. The van der Waals surface area contributed by atoms with E-state index in [4.69, 9.17) is 14.2 Å². The van der Waals surface area contributed by atoms with Crippen molar-refractivity contribution < 1.29 is 14.2 Å². The third-order valence-corrected chi connectivity index (χ3v) is 2.68. The molecule has 0 saturated heterocycles. The number of hydrogen-bond donors (Lipinski definition) is 0. The maximum atomic E-state index is 5.37. The van der Waals surface area contributed by atoms with Gasteiger partial charge in [-0.15, -0.1) is 0 Å². The Morgan fingerprint density at radius 2 is 1.50 bits per heavy atom. The summed E-state index contributed by atoms with van der Waals surface area (Å²) in [5, 5.41) is 0. The van der Waals surface area contributed by atoms with E-state index in [1.165, 1.54) is 12.2 Å². The third-order valence-electron chi connectivity index (χ3n) is 1.52. The molecular weight excluding hydrogens is 200 g/mol. The molecule has 0 spiro atoms. The molecule has 4 heteroatoms. The van der Waals surface area contributed by atoms with Crippen LogP contribution in [0.2, 0.25) is 0 Å². The Kier molecular flexibility index (Phi) is 13.4. The van der Waals surface area contributed by atoms with Gasteiger partial charge in [0.1, 0.15) is 0 Å². The molecule has 0 aromatic heterocycles. The quantitative estimate of drug-likeness (QED) is 0.498. The summed E-state index contributed by atoms with van der Waals surface area (Å²) in [5.74, 6) is 2.32. The van der Waals surface area contributed by atoms with Crippen molar-refractivity contribution in [1.82, 2.24) is 0 Å². The van der Waals surface area contributed by atoms with Gasteiger partial charge in [0.25, 0.3) is 0 Å². The lowest BCUT2D eigenvalue weighted by Crippen LogP contribution is -2.09. The average Bonchev–Trinajstić information content (AvgIpc) is 2.21. The molecule has 0 unspecified atom stereocenters. The molecule has 3 nitrogen and oxygen atoms in total. The molecule has 14 heavy (non-hydrogen) atoms. The Morgan fingerprint density at radius 1 is 0.857 bits per heavy atom. The van der Waals surface area contributed by atoms with Gasteiger partial charge in [0.05, 0.1) is 33.0 Å².